The molecule has 0 saturated heterocycles. The van der Waals surface area contributed by atoms with Crippen LogP contribution in [-0.4, -0.2) is 33.6 Å². The second kappa shape index (κ2) is 6.40. The van der Waals surface area contributed by atoms with Gasteiger partial charge in [-0.05, 0) is 43.3 Å². The number of rotatable bonds is 4. The van der Waals surface area contributed by atoms with Crippen LogP contribution in [0.15, 0.2) is 48.8 Å². The maximum absolute atomic E-state index is 12.6. The summed E-state index contributed by atoms with van der Waals surface area (Å²) in [7, 11) is 0. The number of anilines is 1. The van der Waals surface area contributed by atoms with E-state index in [0.29, 0.717) is 12.5 Å². The van der Waals surface area contributed by atoms with Gasteiger partial charge in [0.2, 0.25) is 5.60 Å². The van der Waals surface area contributed by atoms with E-state index < -0.39 is 17.7 Å². The first kappa shape index (κ1) is 17.6. The molecular formula is C16H13F3N2O3. The van der Waals surface area contributed by atoms with Crippen LogP contribution in [0.3, 0.4) is 0 Å². The van der Waals surface area contributed by atoms with Gasteiger partial charge in [-0.15, -0.1) is 0 Å². The number of nitrogens with zero attached hydrogens (tertiary/aromatic N) is 1. The van der Waals surface area contributed by atoms with Crippen molar-refractivity contribution < 1.29 is 27.9 Å². The lowest BCUT2D eigenvalue weighted by Gasteiger charge is -2.24. The molecule has 2 N–H and O–H groups in total. The summed E-state index contributed by atoms with van der Waals surface area (Å²) in [6.07, 6.45) is -2.20. The Bertz CT molecular complexity index is 741. The molecule has 24 heavy (non-hydrogen) atoms. The van der Waals surface area contributed by atoms with Gasteiger partial charge in [0, 0.05) is 29.2 Å². The van der Waals surface area contributed by atoms with Crippen LogP contribution in [0.25, 0.3) is 0 Å². The first-order valence-electron chi connectivity index (χ1n) is 6.78. The molecule has 1 unspecified atom stereocenters. The lowest BCUT2D eigenvalue weighted by molar-refractivity contribution is -0.242. The van der Waals surface area contributed by atoms with Gasteiger partial charge in [0.15, 0.2) is 5.78 Å². The minimum absolute atomic E-state index is 0.0206. The van der Waals surface area contributed by atoms with Crippen molar-refractivity contribution in [3.05, 3.63) is 59.9 Å². The molecule has 0 aliphatic carbocycles. The molecule has 126 valence electrons. The Morgan fingerprint density at radius 2 is 1.71 bits per heavy atom. The van der Waals surface area contributed by atoms with Crippen LogP contribution >= 0.6 is 0 Å². The van der Waals surface area contributed by atoms with Crippen molar-refractivity contribution in [3.63, 3.8) is 0 Å². The smallest absolute Gasteiger partial charge is 0.373 e. The van der Waals surface area contributed by atoms with Crippen molar-refractivity contribution in [3.8, 4) is 0 Å². The SMILES string of the molecule is CC(O)(C(=O)Nc1ccc(C(=O)c2cccnc2)cc1)C(F)(F)F. The maximum Gasteiger partial charge on any atom is 0.426 e. The number of benzene rings is 1. The summed E-state index contributed by atoms with van der Waals surface area (Å²) in [6.45, 7) is 0.364. The summed E-state index contributed by atoms with van der Waals surface area (Å²) in [5.41, 5.74) is -2.86. The Hall–Kier alpha value is -2.74. The molecule has 1 aromatic carbocycles. The normalized spacial score (nSPS) is 13.9. The summed E-state index contributed by atoms with van der Waals surface area (Å²) in [4.78, 5) is 27.5. The maximum atomic E-state index is 12.6. The number of pyridine rings is 1. The van der Waals surface area contributed by atoms with Gasteiger partial charge in [0.05, 0.1) is 0 Å². The molecule has 2 aromatic rings. The standard InChI is InChI=1S/C16H13F3N2O3/c1-15(24,16(17,18)19)14(23)21-12-6-4-10(5-7-12)13(22)11-3-2-8-20-9-11/h2-9,24H,1H3,(H,21,23). The van der Waals surface area contributed by atoms with Gasteiger partial charge in [-0.1, -0.05) is 0 Å². The third-order valence-corrected chi connectivity index (χ3v) is 3.32. The van der Waals surface area contributed by atoms with Crippen molar-refractivity contribution in [2.24, 2.45) is 0 Å². The zero-order valence-corrected chi connectivity index (χ0v) is 12.5. The monoisotopic (exact) mass is 338 g/mol. The Morgan fingerprint density at radius 1 is 1.08 bits per heavy atom. The zero-order valence-electron chi connectivity index (χ0n) is 12.5. The number of hydrogen-bond acceptors (Lipinski definition) is 4. The molecule has 1 amide bonds. The number of aliphatic hydroxyl groups is 1. The zero-order chi connectivity index (χ0) is 18.0. The Morgan fingerprint density at radius 3 is 2.21 bits per heavy atom. The van der Waals surface area contributed by atoms with Gasteiger partial charge < -0.3 is 10.4 Å². The molecule has 0 fully saturated rings. The molecular weight excluding hydrogens is 325 g/mol. The van der Waals surface area contributed by atoms with Crippen molar-refractivity contribution in [1.29, 1.82) is 0 Å². The Kier molecular flexibility index (Phi) is 4.70. The van der Waals surface area contributed by atoms with Gasteiger partial charge in [0.25, 0.3) is 5.91 Å². The molecule has 2 rings (SSSR count). The largest absolute Gasteiger partial charge is 0.426 e. The molecule has 1 heterocycles. The van der Waals surface area contributed by atoms with Gasteiger partial charge in [0.1, 0.15) is 0 Å². The lowest BCUT2D eigenvalue weighted by atomic mass is 10.0. The van der Waals surface area contributed by atoms with Crippen molar-refractivity contribution in [2.75, 3.05) is 5.32 Å². The molecule has 0 bridgehead atoms. The summed E-state index contributed by atoms with van der Waals surface area (Å²) < 4.78 is 37.7. The molecule has 1 aromatic heterocycles. The number of alkyl halides is 3. The Labute approximate surface area is 135 Å². The highest BCUT2D eigenvalue weighted by Gasteiger charge is 2.55. The molecule has 0 aliphatic heterocycles. The van der Waals surface area contributed by atoms with E-state index in [4.69, 9.17) is 0 Å². The highest BCUT2D eigenvalue weighted by molar-refractivity contribution is 6.09. The van der Waals surface area contributed by atoms with Gasteiger partial charge in [-0.3, -0.25) is 14.6 Å². The minimum atomic E-state index is -5.10. The summed E-state index contributed by atoms with van der Waals surface area (Å²) >= 11 is 0. The van der Waals surface area contributed by atoms with Crippen LogP contribution < -0.4 is 5.32 Å². The lowest BCUT2D eigenvalue weighted by Crippen LogP contribution is -2.52. The number of nitrogens with one attached hydrogen (secondary N) is 1. The van der Waals surface area contributed by atoms with E-state index in [1.807, 2.05) is 5.32 Å². The number of halogens is 3. The topological polar surface area (TPSA) is 79.3 Å². The van der Waals surface area contributed by atoms with E-state index >= 15 is 0 Å². The summed E-state index contributed by atoms with van der Waals surface area (Å²) in [5, 5.41) is 11.2. The molecule has 1 atom stereocenters. The van der Waals surface area contributed by atoms with Crippen LogP contribution in [-0.2, 0) is 4.79 Å². The van der Waals surface area contributed by atoms with Crippen LogP contribution in [0.1, 0.15) is 22.8 Å². The average Bonchev–Trinajstić information content (AvgIpc) is 2.54. The van der Waals surface area contributed by atoms with E-state index in [1.54, 1.807) is 12.1 Å². The first-order valence-corrected chi connectivity index (χ1v) is 6.78. The van der Waals surface area contributed by atoms with Crippen molar-refractivity contribution >= 4 is 17.4 Å². The molecule has 0 radical (unpaired) electrons. The van der Waals surface area contributed by atoms with Crippen molar-refractivity contribution in [1.82, 2.24) is 4.98 Å². The molecule has 0 saturated carbocycles. The highest BCUT2D eigenvalue weighted by Crippen LogP contribution is 2.31. The predicted molar refractivity (Wildman–Crippen MR) is 79.4 cm³/mol. The van der Waals surface area contributed by atoms with E-state index in [9.17, 15) is 27.9 Å². The summed E-state index contributed by atoms with van der Waals surface area (Å²) in [5.74, 6) is -1.93. The number of ketones is 1. The fourth-order valence-electron chi connectivity index (χ4n) is 1.75. The number of hydrogen-bond donors (Lipinski definition) is 2. The number of carbonyl (C=O) groups is 2. The highest BCUT2D eigenvalue weighted by atomic mass is 19.4. The van der Waals surface area contributed by atoms with Gasteiger partial charge in [-0.25, -0.2) is 0 Å². The quantitative estimate of drug-likeness (QED) is 0.840. The third-order valence-electron chi connectivity index (χ3n) is 3.32. The second-order valence-electron chi connectivity index (χ2n) is 5.17. The predicted octanol–water partition coefficient (Wildman–Crippen LogP) is 2.56. The van der Waals surface area contributed by atoms with Gasteiger partial charge in [-0.2, -0.15) is 13.2 Å². The Balaban J connectivity index is 2.13. The fourth-order valence-corrected chi connectivity index (χ4v) is 1.75. The van der Waals surface area contributed by atoms with E-state index in [1.165, 1.54) is 36.7 Å². The van der Waals surface area contributed by atoms with Gasteiger partial charge >= 0.3 is 6.18 Å². The van der Waals surface area contributed by atoms with Crippen LogP contribution in [0.4, 0.5) is 18.9 Å². The average molecular weight is 338 g/mol. The van der Waals surface area contributed by atoms with E-state index in [-0.39, 0.29) is 17.0 Å². The molecule has 5 nitrogen and oxygen atoms in total. The van der Waals surface area contributed by atoms with E-state index in [0.717, 1.165) is 0 Å². The second-order valence-corrected chi connectivity index (χ2v) is 5.17. The summed E-state index contributed by atoms with van der Waals surface area (Å²) in [6, 6.07) is 8.43. The van der Waals surface area contributed by atoms with Crippen molar-refractivity contribution in [2.45, 2.75) is 18.7 Å². The first-order chi connectivity index (χ1) is 11.1. The number of aromatic nitrogens is 1. The van der Waals surface area contributed by atoms with Crippen LogP contribution in [0, 0.1) is 0 Å². The molecule has 8 heteroatoms. The minimum Gasteiger partial charge on any atom is -0.373 e. The molecule has 0 aliphatic rings. The van der Waals surface area contributed by atoms with Crippen LogP contribution in [0.2, 0.25) is 0 Å². The van der Waals surface area contributed by atoms with E-state index in [2.05, 4.69) is 4.98 Å². The third kappa shape index (κ3) is 3.60. The fraction of sp³-hybridized carbons (Fsp3) is 0.188. The van der Waals surface area contributed by atoms with Crippen LogP contribution in [0.5, 0.6) is 0 Å². The number of amides is 1. The number of carbonyl (C=O) groups excluding carboxylic acids is 2. The molecule has 0 spiro atoms.